The molecule has 5 heteroatoms. The van der Waals surface area contributed by atoms with Gasteiger partial charge in [0.1, 0.15) is 0 Å². The van der Waals surface area contributed by atoms with E-state index in [0.717, 1.165) is 12.0 Å². The molecule has 1 aliphatic heterocycles. The van der Waals surface area contributed by atoms with Gasteiger partial charge in [0.05, 0.1) is 11.5 Å². The summed E-state index contributed by atoms with van der Waals surface area (Å²) in [5.74, 6) is 0.166. The van der Waals surface area contributed by atoms with Crippen LogP contribution in [0.15, 0.2) is 30.3 Å². The molecule has 1 aromatic carbocycles. The third kappa shape index (κ3) is 5.43. The Morgan fingerprint density at radius 1 is 1.24 bits per heavy atom. The molecule has 1 saturated heterocycles. The average Bonchev–Trinajstić information content (AvgIpc) is 2.89. The second-order valence-electron chi connectivity index (χ2n) is 7.79. The van der Waals surface area contributed by atoms with Crippen LogP contribution in [0.4, 0.5) is 0 Å². The third-order valence-electron chi connectivity index (χ3n) is 4.59. The van der Waals surface area contributed by atoms with Crippen molar-refractivity contribution in [3.8, 4) is 0 Å². The quantitative estimate of drug-likeness (QED) is 0.753. The lowest BCUT2D eigenvalue weighted by molar-refractivity contribution is -0.127. The van der Waals surface area contributed by atoms with Crippen molar-refractivity contribution in [1.82, 2.24) is 4.90 Å². The molecule has 1 aliphatic rings. The lowest BCUT2D eigenvalue weighted by Gasteiger charge is -2.26. The van der Waals surface area contributed by atoms with Gasteiger partial charge in [-0.25, -0.2) is 8.42 Å². The van der Waals surface area contributed by atoms with Gasteiger partial charge in [0, 0.05) is 18.7 Å². The topological polar surface area (TPSA) is 54.5 Å². The molecule has 1 fully saturated rings. The van der Waals surface area contributed by atoms with Crippen LogP contribution in [0.5, 0.6) is 0 Å². The van der Waals surface area contributed by atoms with Crippen molar-refractivity contribution in [2.24, 2.45) is 0 Å². The van der Waals surface area contributed by atoms with Crippen molar-refractivity contribution in [2.45, 2.75) is 52.0 Å². The molecule has 1 atom stereocenters. The molecule has 25 heavy (non-hydrogen) atoms. The molecule has 0 spiro atoms. The molecule has 0 saturated carbocycles. The first-order chi connectivity index (χ1) is 11.6. The number of hydrogen-bond acceptors (Lipinski definition) is 3. The fraction of sp³-hybridized carbons (Fsp3) is 0.550. The summed E-state index contributed by atoms with van der Waals surface area (Å²) < 4.78 is 23.4. The van der Waals surface area contributed by atoms with Crippen LogP contribution in [0.2, 0.25) is 0 Å². The van der Waals surface area contributed by atoms with Gasteiger partial charge < -0.3 is 4.90 Å². The van der Waals surface area contributed by atoms with E-state index in [2.05, 4.69) is 32.9 Å². The zero-order valence-corrected chi connectivity index (χ0v) is 16.5. The number of sulfone groups is 1. The highest BCUT2D eigenvalue weighted by molar-refractivity contribution is 7.91. The average molecular weight is 364 g/mol. The first-order valence-corrected chi connectivity index (χ1v) is 10.7. The molecule has 0 aliphatic carbocycles. The lowest BCUT2D eigenvalue weighted by atomic mass is 9.87. The third-order valence-corrected chi connectivity index (χ3v) is 6.34. The predicted molar refractivity (Wildman–Crippen MR) is 103 cm³/mol. The molecule has 138 valence electrons. The molecule has 0 bridgehead atoms. The molecule has 1 amide bonds. The number of carbonyl (C=O) groups is 1. The van der Waals surface area contributed by atoms with Crippen molar-refractivity contribution in [1.29, 1.82) is 0 Å². The van der Waals surface area contributed by atoms with Crippen LogP contribution in [-0.2, 0) is 20.0 Å². The van der Waals surface area contributed by atoms with Gasteiger partial charge in [-0.3, -0.25) is 4.79 Å². The number of rotatable bonds is 5. The standard InChI is InChI=1S/C20H29NO3S/c1-5-13-21(18-12-14-25(23,24)15-18)19(22)11-8-16-6-9-17(10-7-16)20(2,3)4/h6-11,18H,5,12-15H2,1-4H3/b11-8+. The number of nitrogens with zero attached hydrogens (tertiary/aromatic N) is 1. The van der Waals surface area contributed by atoms with E-state index >= 15 is 0 Å². The largest absolute Gasteiger partial charge is 0.335 e. The van der Waals surface area contributed by atoms with Crippen molar-refractivity contribution in [2.75, 3.05) is 18.1 Å². The molecule has 0 aromatic heterocycles. The Hall–Kier alpha value is -1.62. The van der Waals surface area contributed by atoms with Crippen LogP contribution in [0.1, 0.15) is 51.7 Å². The van der Waals surface area contributed by atoms with E-state index < -0.39 is 9.84 Å². The highest BCUT2D eigenvalue weighted by atomic mass is 32.2. The lowest BCUT2D eigenvalue weighted by Crippen LogP contribution is -2.40. The van der Waals surface area contributed by atoms with Crippen LogP contribution in [-0.4, -0.2) is 43.3 Å². The minimum atomic E-state index is -3.00. The maximum absolute atomic E-state index is 12.6. The van der Waals surface area contributed by atoms with Gasteiger partial charge in [0.2, 0.25) is 5.91 Å². The van der Waals surface area contributed by atoms with Crippen LogP contribution in [0, 0.1) is 0 Å². The summed E-state index contributed by atoms with van der Waals surface area (Å²) in [6, 6.07) is 7.99. The minimum absolute atomic E-state index is 0.0901. The van der Waals surface area contributed by atoms with Gasteiger partial charge in [-0.15, -0.1) is 0 Å². The van der Waals surface area contributed by atoms with Crippen LogP contribution < -0.4 is 0 Å². The van der Waals surface area contributed by atoms with Gasteiger partial charge >= 0.3 is 0 Å². The summed E-state index contributed by atoms with van der Waals surface area (Å²) in [5.41, 5.74) is 2.32. The smallest absolute Gasteiger partial charge is 0.246 e. The van der Waals surface area contributed by atoms with E-state index in [1.165, 1.54) is 5.56 Å². The van der Waals surface area contributed by atoms with E-state index in [4.69, 9.17) is 0 Å². The van der Waals surface area contributed by atoms with Gasteiger partial charge in [0.15, 0.2) is 9.84 Å². The Balaban J connectivity index is 2.08. The zero-order chi connectivity index (χ0) is 18.7. The van der Waals surface area contributed by atoms with Crippen molar-refractivity contribution in [3.63, 3.8) is 0 Å². The molecule has 4 nitrogen and oxygen atoms in total. The monoisotopic (exact) mass is 363 g/mol. The van der Waals surface area contributed by atoms with Crippen molar-refractivity contribution < 1.29 is 13.2 Å². The van der Waals surface area contributed by atoms with Gasteiger partial charge in [-0.1, -0.05) is 52.0 Å². The summed E-state index contributed by atoms with van der Waals surface area (Å²) in [6.45, 7) is 9.09. The fourth-order valence-corrected chi connectivity index (χ4v) is 4.82. The Labute approximate surface area is 151 Å². The number of amides is 1. The van der Waals surface area contributed by atoms with Crippen LogP contribution in [0.3, 0.4) is 0 Å². The summed E-state index contributed by atoms with van der Waals surface area (Å²) >= 11 is 0. The van der Waals surface area contributed by atoms with Crippen molar-refractivity contribution in [3.05, 3.63) is 41.5 Å². The van der Waals surface area contributed by atoms with E-state index in [1.807, 2.05) is 19.1 Å². The second kappa shape index (κ2) is 7.73. The molecule has 1 aromatic rings. The fourth-order valence-electron chi connectivity index (χ4n) is 3.09. The van der Waals surface area contributed by atoms with Crippen molar-refractivity contribution >= 4 is 21.8 Å². The van der Waals surface area contributed by atoms with Gasteiger partial charge in [-0.05, 0) is 35.5 Å². The SMILES string of the molecule is CCCN(C(=O)/C=C/c1ccc(C(C)(C)C)cc1)C1CCS(=O)(=O)C1. The Kier molecular flexibility index (Phi) is 6.09. The van der Waals surface area contributed by atoms with E-state index in [0.29, 0.717) is 13.0 Å². The van der Waals surface area contributed by atoms with Crippen LogP contribution >= 0.6 is 0 Å². The summed E-state index contributed by atoms with van der Waals surface area (Å²) in [5, 5.41) is 0. The normalized spacial score (nSPS) is 20.1. The Bertz CT molecular complexity index is 727. The first kappa shape index (κ1) is 19.7. The Morgan fingerprint density at radius 3 is 2.36 bits per heavy atom. The molecule has 1 unspecified atom stereocenters. The molecular weight excluding hydrogens is 334 g/mol. The highest BCUT2D eigenvalue weighted by Crippen LogP contribution is 2.23. The van der Waals surface area contributed by atoms with E-state index in [-0.39, 0.29) is 28.9 Å². The second-order valence-corrected chi connectivity index (χ2v) is 10.0. The molecule has 0 radical (unpaired) electrons. The zero-order valence-electron chi connectivity index (χ0n) is 15.7. The first-order valence-electron chi connectivity index (χ1n) is 8.92. The number of hydrogen-bond donors (Lipinski definition) is 0. The summed E-state index contributed by atoms with van der Waals surface area (Å²) in [7, 11) is -3.00. The Morgan fingerprint density at radius 2 is 1.88 bits per heavy atom. The number of benzene rings is 1. The van der Waals surface area contributed by atoms with Crippen LogP contribution in [0.25, 0.3) is 6.08 Å². The molecular formula is C20H29NO3S. The van der Waals surface area contributed by atoms with E-state index in [1.54, 1.807) is 17.1 Å². The van der Waals surface area contributed by atoms with Gasteiger partial charge in [-0.2, -0.15) is 0 Å². The van der Waals surface area contributed by atoms with E-state index in [9.17, 15) is 13.2 Å². The number of carbonyl (C=O) groups excluding carboxylic acids is 1. The summed E-state index contributed by atoms with van der Waals surface area (Å²) in [6.07, 6.45) is 4.73. The maximum atomic E-state index is 12.6. The molecule has 2 rings (SSSR count). The maximum Gasteiger partial charge on any atom is 0.246 e. The van der Waals surface area contributed by atoms with Gasteiger partial charge in [0.25, 0.3) is 0 Å². The minimum Gasteiger partial charge on any atom is -0.335 e. The summed E-state index contributed by atoms with van der Waals surface area (Å²) in [4.78, 5) is 14.3. The highest BCUT2D eigenvalue weighted by Gasteiger charge is 2.33. The molecule has 0 N–H and O–H groups in total. The molecule has 1 heterocycles. The predicted octanol–water partition coefficient (Wildman–Crippen LogP) is 3.42.